The van der Waals surface area contributed by atoms with Gasteiger partial charge in [-0.2, -0.15) is 0 Å². The van der Waals surface area contributed by atoms with Crippen LogP contribution in [0.3, 0.4) is 0 Å². The van der Waals surface area contributed by atoms with Gasteiger partial charge in [-0.05, 0) is 83.5 Å². The van der Waals surface area contributed by atoms with Gasteiger partial charge in [0.2, 0.25) is 5.91 Å². The lowest BCUT2D eigenvalue weighted by Crippen LogP contribution is -2.45. The SMILES string of the molecule is CC/C=C\C/C=C\C/C=C\C/C=C\CCCCCCCCCCCCC(=O)NC(COP(=O)(O)OCC[N+](C)(C)C)C(O)/C=C/CC/C=C/CC/C=C/CCCCCCCCCCCCCCCCCCC. The van der Waals surface area contributed by atoms with Gasteiger partial charge >= 0.3 is 7.82 Å². The van der Waals surface area contributed by atoms with Crippen LogP contribution < -0.4 is 5.32 Å². The lowest BCUT2D eigenvalue weighted by molar-refractivity contribution is -0.870. The summed E-state index contributed by atoms with van der Waals surface area (Å²) in [5.41, 5.74) is 0. The summed E-state index contributed by atoms with van der Waals surface area (Å²) in [6.45, 7) is 4.69. The molecule has 3 N–H and O–H groups in total. The number of unbranched alkanes of at least 4 members (excludes halogenated alkanes) is 29. The van der Waals surface area contributed by atoms with Crippen LogP contribution in [0.1, 0.15) is 258 Å². The van der Waals surface area contributed by atoms with E-state index < -0.39 is 20.0 Å². The quantitative estimate of drug-likeness (QED) is 0.0243. The van der Waals surface area contributed by atoms with Crippen molar-refractivity contribution in [1.82, 2.24) is 5.32 Å². The van der Waals surface area contributed by atoms with E-state index in [9.17, 15) is 19.4 Å². The van der Waals surface area contributed by atoms with Crippen LogP contribution in [-0.4, -0.2) is 73.4 Å². The highest BCUT2D eigenvalue weighted by molar-refractivity contribution is 7.47. The molecule has 0 radical (unpaired) electrons. The van der Waals surface area contributed by atoms with E-state index in [4.69, 9.17) is 9.05 Å². The summed E-state index contributed by atoms with van der Waals surface area (Å²) >= 11 is 0. The van der Waals surface area contributed by atoms with Crippen LogP contribution in [0.25, 0.3) is 0 Å². The molecule has 9 heteroatoms. The van der Waals surface area contributed by atoms with Crippen molar-refractivity contribution in [1.29, 1.82) is 0 Å². The Morgan fingerprint density at radius 1 is 0.486 bits per heavy atom. The first-order chi connectivity index (χ1) is 35.0. The summed E-state index contributed by atoms with van der Waals surface area (Å²) in [5.74, 6) is -0.197. The molecule has 0 aromatic rings. The van der Waals surface area contributed by atoms with Crippen molar-refractivity contribution in [2.45, 2.75) is 270 Å². The Morgan fingerprint density at radius 2 is 0.847 bits per heavy atom. The number of aliphatic hydroxyl groups excluding tert-OH is 1. The number of aliphatic hydroxyl groups is 1. The third kappa shape index (κ3) is 55.4. The Labute approximate surface area is 446 Å². The lowest BCUT2D eigenvalue weighted by Gasteiger charge is -2.25. The van der Waals surface area contributed by atoms with Crippen molar-refractivity contribution in [3.63, 3.8) is 0 Å². The molecule has 3 atom stereocenters. The first-order valence-corrected chi connectivity index (χ1v) is 31.5. The molecule has 0 saturated carbocycles. The van der Waals surface area contributed by atoms with E-state index in [0.717, 1.165) is 70.6 Å². The molecule has 0 fully saturated rings. The van der Waals surface area contributed by atoms with E-state index in [1.165, 1.54) is 167 Å². The fraction of sp³-hybridized carbons (Fsp3) is 0.762. The van der Waals surface area contributed by atoms with E-state index >= 15 is 0 Å². The predicted molar refractivity (Wildman–Crippen MR) is 313 cm³/mol. The number of rotatable bonds is 54. The molecule has 0 saturated heterocycles. The summed E-state index contributed by atoms with van der Waals surface area (Å²) in [4.78, 5) is 23.3. The Kier molecular flexibility index (Phi) is 51.8. The van der Waals surface area contributed by atoms with E-state index in [2.05, 4.69) is 92.1 Å². The number of quaternary nitrogens is 1. The summed E-state index contributed by atoms with van der Waals surface area (Å²) in [6, 6.07) is -0.878. The number of phosphoric ester groups is 1. The number of hydrogen-bond donors (Lipinski definition) is 3. The Hall–Kier alpha value is -2.32. The monoisotopic (exact) mass is 1030 g/mol. The second-order valence-electron chi connectivity index (χ2n) is 21.3. The standard InChI is InChI=1S/C63H115N2O6P/c1-6-8-10-12-14-16-18-20-22-24-26-28-30-31-32-33-35-36-38-40-42-44-46-48-50-52-54-56-62(66)61(60-71-72(68,69)70-59-58-65(3,4)5)64-63(67)57-55-53-51-49-47-45-43-41-39-37-34-29-27-25-23-21-19-17-15-13-11-9-7-2/h9,11,15,17,21,23,27,29,38,40,46,48,54,56,61-62,66H,6-8,10,12-14,16,18-20,22,24-26,28,30-37,39,41-45,47,49-53,55,57-60H2,1-5H3,(H-,64,67,68,69)/p+1/b11-9-,17-15-,23-21-,29-27-,40-38+,48-46+,56-54+. The van der Waals surface area contributed by atoms with Crippen LogP contribution in [0.5, 0.6) is 0 Å². The van der Waals surface area contributed by atoms with E-state index in [1.54, 1.807) is 6.08 Å². The van der Waals surface area contributed by atoms with E-state index in [1.807, 2.05) is 27.2 Å². The van der Waals surface area contributed by atoms with Crippen LogP contribution in [-0.2, 0) is 18.4 Å². The summed E-state index contributed by atoms with van der Waals surface area (Å²) in [6.07, 6.45) is 75.5. The van der Waals surface area contributed by atoms with Gasteiger partial charge in [0, 0.05) is 6.42 Å². The zero-order valence-electron chi connectivity index (χ0n) is 47.7. The number of allylic oxidation sites excluding steroid dienone is 13. The van der Waals surface area contributed by atoms with Crippen LogP contribution in [0.4, 0.5) is 0 Å². The van der Waals surface area contributed by atoms with Crippen molar-refractivity contribution in [2.75, 3.05) is 40.9 Å². The first-order valence-electron chi connectivity index (χ1n) is 30.0. The number of carbonyl (C=O) groups excluding carboxylic acids is 1. The molecular weight excluding hydrogens is 912 g/mol. The molecule has 0 aliphatic heterocycles. The maximum Gasteiger partial charge on any atom is 0.472 e. The highest BCUT2D eigenvalue weighted by Gasteiger charge is 2.27. The van der Waals surface area contributed by atoms with Crippen molar-refractivity contribution in [3.8, 4) is 0 Å². The average molecular weight is 1030 g/mol. The van der Waals surface area contributed by atoms with Gasteiger partial charge in [0.1, 0.15) is 13.2 Å². The fourth-order valence-electron chi connectivity index (χ4n) is 8.42. The van der Waals surface area contributed by atoms with Crippen molar-refractivity contribution >= 4 is 13.7 Å². The highest BCUT2D eigenvalue weighted by Crippen LogP contribution is 2.43. The number of phosphoric acid groups is 1. The van der Waals surface area contributed by atoms with Crippen LogP contribution in [0.2, 0.25) is 0 Å². The minimum atomic E-state index is -4.37. The molecule has 0 aliphatic rings. The maximum absolute atomic E-state index is 13.0. The Balaban J connectivity index is 4.28. The van der Waals surface area contributed by atoms with Crippen LogP contribution in [0, 0.1) is 0 Å². The second kappa shape index (κ2) is 53.5. The minimum Gasteiger partial charge on any atom is -0.387 e. The van der Waals surface area contributed by atoms with Crippen molar-refractivity contribution in [3.05, 3.63) is 85.1 Å². The number of amides is 1. The highest BCUT2D eigenvalue weighted by atomic mass is 31.2. The topological polar surface area (TPSA) is 105 Å². The third-order valence-corrected chi connectivity index (χ3v) is 14.1. The van der Waals surface area contributed by atoms with Gasteiger partial charge in [-0.25, -0.2) is 4.57 Å². The van der Waals surface area contributed by atoms with E-state index in [0.29, 0.717) is 17.4 Å². The summed E-state index contributed by atoms with van der Waals surface area (Å²) < 4.78 is 23.7. The van der Waals surface area contributed by atoms with Gasteiger partial charge in [0.15, 0.2) is 0 Å². The molecule has 0 aromatic heterocycles. The number of hydrogen-bond acceptors (Lipinski definition) is 5. The zero-order valence-corrected chi connectivity index (χ0v) is 48.5. The van der Waals surface area contributed by atoms with Gasteiger partial charge in [-0.15, -0.1) is 0 Å². The third-order valence-electron chi connectivity index (χ3n) is 13.1. The maximum atomic E-state index is 13.0. The Morgan fingerprint density at radius 3 is 1.28 bits per heavy atom. The predicted octanol–water partition coefficient (Wildman–Crippen LogP) is 18.4. The second-order valence-corrected chi connectivity index (χ2v) is 22.8. The largest absolute Gasteiger partial charge is 0.472 e. The molecule has 0 aliphatic carbocycles. The fourth-order valence-corrected chi connectivity index (χ4v) is 9.15. The van der Waals surface area contributed by atoms with Gasteiger partial charge in [0.05, 0.1) is 39.9 Å². The summed E-state index contributed by atoms with van der Waals surface area (Å²) in [5, 5.41) is 13.9. The minimum absolute atomic E-state index is 0.0490. The van der Waals surface area contributed by atoms with Crippen LogP contribution >= 0.6 is 7.82 Å². The van der Waals surface area contributed by atoms with Gasteiger partial charge in [-0.3, -0.25) is 13.8 Å². The number of nitrogens with zero attached hydrogens (tertiary/aromatic N) is 1. The molecule has 0 spiro atoms. The Bertz CT molecular complexity index is 1450. The molecule has 8 nitrogen and oxygen atoms in total. The zero-order chi connectivity index (χ0) is 52.7. The molecule has 0 aromatic carbocycles. The molecule has 0 heterocycles. The van der Waals surface area contributed by atoms with Gasteiger partial charge < -0.3 is 19.8 Å². The molecule has 0 rings (SSSR count). The molecule has 0 bridgehead atoms. The van der Waals surface area contributed by atoms with Gasteiger partial charge in [0.25, 0.3) is 0 Å². The summed E-state index contributed by atoms with van der Waals surface area (Å²) in [7, 11) is 1.54. The number of nitrogens with one attached hydrogen (secondary N) is 1. The van der Waals surface area contributed by atoms with E-state index in [-0.39, 0.29) is 19.1 Å². The molecule has 3 unspecified atom stereocenters. The normalized spacial score (nSPS) is 14.5. The average Bonchev–Trinajstić information content (AvgIpc) is 3.34. The molecule has 72 heavy (non-hydrogen) atoms. The first kappa shape index (κ1) is 69.7. The lowest BCUT2D eigenvalue weighted by atomic mass is 10.0. The molecule has 418 valence electrons. The number of likely N-dealkylation sites (N-methyl/N-ethyl adjacent to an activating group) is 1. The number of carbonyl (C=O) groups is 1. The van der Waals surface area contributed by atoms with Crippen LogP contribution in [0.15, 0.2) is 85.1 Å². The molecule has 1 amide bonds. The van der Waals surface area contributed by atoms with Crippen molar-refractivity contribution in [2.24, 2.45) is 0 Å². The van der Waals surface area contributed by atoms with Crippen molar-refractivity contribution < 1.29 is 32.9 Å². The molecular formula is C63H116N2O6P+. The van der Waals surface area contributed by atoms with Gasteiger partial charge in [-0.1, -0.05) is 253 Å². The smallest absolute Gasteiger partial charge is 0.387 e.